The third kappa shape index (κ3) is 5.74. The molecule has 0 saturated heterocycles. The summed E-state index contributed by atoms with van der Waals surface area (Å²) < 4.78 is 93.6. The maximum Gasteiger partial charge on any atom is 0.462 e. The summed E-state index contributed by atoms with van der Waals surface area (Å²) in [6.45, 7) is -0.0763. The summed E-state index contributed by atoms with van der Waals surface area (Å²) >= 11 is 12.0. The van der Waals surface area contributed by atoms with E-state index in [-0.39, 0.29) is 33.5 Å². The van der Waals surface area contributed by atoms with E-state index in [4.69, 9.17) is 33.0 Å². The van der Waals surface area contributed by atoms with Crippen molar-refractivity contribution in [1.29, 1.82) is 0 Å². The Balaban J connectivity index is 2.09. The molecule has 2 N–H and O–H groups in total. The first-order chi connectivity index (χ1) is 14.7. The van der Waals surface area contributed by atoms with Crippen LogP contribution in [0.2, 0.25) is 10.0 Å². The summed E-state index contributed by atoms with van der Waals surface area (Å²) in [5.74, 6) is -7.53. The van der Waals surface area contributed by atoms with E-state index in [9.17, 15) is 35.5 Å². The standard InChI is InChI=1S/C18H11Cl2F7N2O3/c19-12-5-10(7-28-29-18(26,27)16(21,22)17(23,24)25)6-13(20)14(12)32-8-9-1-3-11(4-2-9)15(30)31/h1-7,29H,8H2,(H,30,31)/b28-7+. The molecule has 0 aliphatic rings. The highest BCUT2D eigenvalue weighted by Gasteiger charge is 2.73. The Labute approximate surface area is 185 Å². The van der Waals surface area contributed by atoms with Crippen LogP contribution >= 0.6 is 23.2 Å². The number of carboxylic acids is 1. The zero-order valence-electron chi connectivity index (χ0n) is 15.4. The van der Waals surface area contributed by atoms with E-state index in [0.717, 1.165) is 12.1 Å². The lowest BCUT2D eigenvalue weighted by Crippen LogP contribution is -2.58. The average Bonchev–Trinajstić information content (AvgIpc) is 2.66. The number of hydrogen-bond donors (Lipinski definition) is 2. The Morgan fingerprint density at radius 1 is 1.03 bits per heavy atom. The van der Waals surface area contributed by atoms with Gasteiger partial charge in [-0.15, -0.1) is 0 Å². The molecule has 0 aromatic heterocycles. The first-order valence-corrected chi connectivity index (χ1v) is 8.98. The molecule has 2 aromatic rings. The van der Waals surface area contributed by atoms with Gasteiger partial charge in [0.1, 0.15) is 6.61 Å². The summed E-state index contributed by atoms with van der Waals surface area (Å²) in [6.07, 6.45) is -5.99. The van der Waals surface area contributed by atoms with Gasteiger partial charge in [-0.25, -0.2) is 10.2 Å². The first-order valence-electron chi connectivity index (χ1n) is 8.22. The van der Waals surface area contributed by atoms with E-state index < -0.39 is 24.1 Å². The van der Waals surface area contributed by atoms with Gasteiger partial charge in [-0.2, -0.15) is 35.8 Å². The molecule has 2 aromatic carbocycles. The molecule has 0 atom stereocenters. The summed E-state index contributed by atoms with van der Waals surface area (Å²) in [4.78, 5) is 10.8. The number of aromatic carboxylic acids is 1. The minimum atomic E-state index is -6.50. The van der Waals surface area contributed by atoms with Crippen LogP contribution in [0.15, 0.2) is 41.5 Å². The van der Waals surface area contributed by atoms with Gasteiger partial charge in [-0.05, 0) is 35.4 Å². The largest absolute Gasteiger partial charge is 0.486 e. The zero-order valence-corrected chi connectivity index (χ0v) is 16.9. The van der Waals surface area contributed by atoms with E-state index in [2.05, 4.69) is 5.10 Å². The van der Waals surface area contributed by atoms with Gasteiger partial charge >= 0.3 is 24.1 Å². The van der Waals surface area contributed by atoms with Gasteiger partial charge in [-0.3, -0.25) is 0 Å². The molecule has 2 rings (SSSR count). The second kappa shape index (κ2) is 9.41. The second-order valence-electron chi connectivity index (χ2n) is 6.12. The van der Waals surface area contributed by atoms with Crippen molar-refractivity contribution in [2.75, 3.05) is 0 Å². The van der Waals surface area contributed by atoms with Crippen LogP contribution < -0.4 is 10.2 Å². The Morgan fingerprint density at radius 3 is 2.03 bits per heavy atom. The van der Waals surface area contributed by atoms with Gasteiger partial charge in [0.25, 0.3) is 0 Å². The summed E-state index contributed by atoms with van der Waals surface area (Å²) in [7, 11) is 0. The van der Waals surface area contributed by atoms with Gasteiger partial charge < -0.3 is 9.84 Å². The molecule has 14 heteroatoms. The van der Waals surface area contributed by atoms with E-state index >= 15 is 0 Å². The molecule has 0 bridgehead atoms. The topological polar surface area (TPSA) is 70.9 Å². The van der Waals surface area contributed by atoms with Crippen LogP contribution in [0.25, 0.3) is 0 Å². The molecule has 32 heavy (non-hydrogen) atoms. The molecule has 0 aliphatic carbocycles. The van der Waals surface area contributed by atoms with Gasteiger partial charge in [0.15, 0.2) is 5.75 Å². The number of nitrogens with zero attached hydrogens (tertiary/aromatic N) is 1. The molecule has 0 aliphatic heterocycles. The average molecular weight is 507 g/mol. The number of carbonyl (C=O) groups is 1. The first kappa shape index (κ1) is 25.5. The van der Waals surface area contributed by atoms with Crippen molar-refractivity contribution in [2.24, 2.45) is 5.10 Å². The molecule has 0 amide bonds. The Hall–Kier alpha value is -2.73. The maximum absolute atomic E-state index is 13.2. The number of ether oxygens (including phenoxy) is 1. The van der Waals surface area contributed by atoms with E-state index in [1.54, 1.807) is 0 Å². The Kier molecular flexibility index (Phi) is 7.51. The zero-order chi connectivity index (χ0) is 24.3. The van der Waals surface area contributed by atoms with Crippen molar-refractivity contribution in [3.05, 3.63) is 63.1 Å². The van der Waals surface area contributed by atoms with E-state index in [1.165, 1.54) is 24.3 Å². The van der Waals surface area contributed by atoms with Crippen LogP contribution in [0.1, 0.15) is 21.5 Å². The molecule has 0 unspecified atom stereocenters. The molecule has 174 valence electrons. The van der Waals surface area contributed by atoms with Crippen LogP contribution in [0.5, 0.6) is 5.75 Å². The number of hydrazone groups is 1. The third-order valence-electron chi connectivity index (χ3n) is 3.77. The Morgan fingerprint density at radius 2 is 1.56 bits per heavy atom. The lowest BCUT2D eigenvalue weighted by Gasteiger charge is -2.27. The van der Waals surface area contributed by atoms with Crippen molar-refractivity contribution >= 4 is 35.4 Å². The highest BCUT2D eigenvalue weighted by atomic mass is 35.5. The Bertz CT molecular complexity index is 990. The minimum Gasteiger partial charge on any atom is -0.486 e. The molecular formula is C18H11Cl2F7N2O3. The van der Waals surface area contributed by atoms with Gasteiger partial charge in [0.05, 0.1) is 21.8 Å². The fourth-order valence-corrected chi connectivity index (χ4v) is 2.74. The quantitative estimate of drug-likeness (QED) is 0.200. The number of halogens is 9. The molecule has 5 nitrogen and oxygen atoms in total. The summed E-state index contributed by atoms with van der Waals surface area (Å²) in [6, 6.07) is 2.10. The fourth-order valence-electron chi connectivity index (χ4n) is 2.13. The maximum atomic E-state index is 13.2. The predicted octanol–water partition coefficient (Wildman–Crippen LogP) is 5.98. The molecule has 0 radical (unpaired) electrons. The fraction of sp³-hybridized carbons (Fsp3) is 0.222. The second-order valence-corrected chi connectivity index (χ2v) is 6.94. The molecular weight excluding hydrogens is 496 g/mol. The van der Waals surface area contributed by atoms with E-state index in [0.29, 0.717) is 17.2 Å². The van der Waals surface area contributed by atoms with Crippen molar-refractivity contribution in [2.45, 2.75) is 24.8 Å². The van der Waals surface area contributed by atoms with Crippen molar-refractivity contribution < 1.29 is 45.4 Å². The highest BCUT2D eigenvalue weighted by molar-refractivity contribution is 6.37. The van der Waals surface area contributed by atoms with Gasteiger partial charge in [-0.1, -0.05) is 35.3 Å². The molecule has 0 spiro atoms. The van der Waals surface area contributed by atoms with Gasteiger partial charge in [0, 0.05) is 0 Å². The number of benzene rings is 2. The monoisotopic (exact) mass is 506 g/mol. The van der Waals surface area contributed by atoms with Crippen LogP contribution in [0.3, 0.4) is 0 Å². The van der Waals surface area contributed by atoms with Crippen molar-refractivity contribution in [1.82, 2.24) is 5.43 Å². The normalized spacial score (nSPS) is 12.8. The third-order valence-corrected chi connectivity index (χ3v) is 4.34. The van der Waals surface area contributed by atoms with Crippen molar-refractivity contribution in [3.8, 4) is 5.75 Å². The summed E-state index contributed by atoms with van der Waals surface area (Å²) in [5.41, 5.74) is 0.976. The lowest BCUT2D eigenvalue weighted by molar-refractivity contribution is -0.361. The van der Waals surface area contributed by atoms with Crippen LogP contribution in [-0.4, -0.2) is 35.4 Å². The van der Waals surface area contributed by atoms with Crippen LogP contribution in [0.4, 0.5) is 30.7 Å². The number of alkyl halides is 7. The smallest absolute Gasteiger partial charge is 0.462 e. The number of nitrogens with one attached hydrogen (secondary N) is 1. The molecule has 0 saturated carbocycles. The highest BCUT2D eigenvalue weighted by Crippen LogP contribution is 2.45. The molecule has 0 heterocycles. The van der Waals surface area contributed by atoms with E-state index in [1.807, 2.05) is 0 Å². The molecule has 0 fully saturated rings. The van der Waals surface area contributed by atoms with Crippen LogP contribution in [-0.2, 0) is 6.61 Å². The van der Waals surface area contributed by atoms with Crippen LogP contribution in [0, 0.1) is 0 Å². The predicted molar refractivity (Wildman–Crippen MR) is 101 cm³/mol. The minimum absolute atomic E-state index is 0.0466. The van der Waals surface area contributed by atoms with Gasteiger partial charge in [0.2, 0.25) is 0 Å². The number of carboxylic acid groups (broad SMARTS) is 1. The SMILES string of the molecule is O=C(O)c1ccc(COc2c(Cl)cc(/C=N/NC(F)(F)C(F)(F)C(F)(F)F)cc2Cl)cc1. The lowest BCUT2D eigenvalue weighted by atomic mass is 10.1. The number of hydrogen-bond acceptors (Lipinski definition) is 4. The van der Waals surface area contributed by atoms with Crippen molar-refractivity contribution in [3.63, 3.8) is 0 Å². The number of rotatable bonds is 8. The summed E-state index contributed by atoms with van der Waals surface area (Å²) in [5, 5.41) is 11.3.